The molecular weight excluding hydrogens is 336 g/mol. The Bertz CT molecular complexity index is 730. The molecule has 0 radical (unpaired) electrons. The van der Waals surface area contributed by atoms with E-state index in [1.165, 1.54) is 12.0 Å². The molecule has 0 N–H and O–H groups in total. The summed E-state index contributed by atoms with van der Waals surface area (Å²) in [7, 11) is 0. The number of amides is 1. The molecule has 0 bridgehead atoms. The van der Waals surface area contributed by atoms with Crippen molar-refractivity contribution in [1.82, 2.24) is 14.9 Å². The Morgan fingerprint density at radius 1 is 1.19 bits per heavy atom. The normalized spacial score (nSPS) is 17.2. The summed E-state index contributed by atoms with van der Waals surface area (Å²) in [6.07, 6.45) is 7.76. The summed E-state index contributed by atoms with van der Waals surface area (Å²) >= 11 is 0. The summed E-state index contributed by atoms with van der Waals surface area (Å²) in [5.74, 6) is 0.725. The van der Waals surface area contributed by atoms with E-state index in [0.717, 1.165) is 32.4 Å². The van der Waals surface area contributed by atoms with E-state index < -0.39 is 0 Å². The molecule has 1 aromatic heterocycles. The lowest BCUT2D eigenvalue weighted by Crippen LogP contribution is -2.43. The molecule has 1 amide bonds. The van der Waals surface area contributed by atoms with Gasteiger partial charge in [0.15, 0.2) is 0 Å². The smallest absolute Gasteiger partial charge is 0.257 e. The van der Waals surface area contributed by atoms with Gasteiger partial charge in [-0.1, -0.05) is 37.3 Å². The van der Waals surface area contributed by atoms with Gasteiger partial charge in [0, 0.05) is 37.6 Å². The van der Waals surface area contributed by atoms with Gasteiger partial charge in [0.05, 0.1) is 5.56 Å². The predicted octanol–water partition coefficient (Wildman–Crippen LogP) is 4.30. The van der Waals surface area contributed by atoms with E-state index in [1.807, 2.05) is 23.1 Å². The number of likely N-dealkylation sites (tertiary alicyclic amines) is 1. The second-order valence-corrected chi connectivity index (χ2v) is 7.54. The molecule has 2 heterocycles. The third kappa shape index (κ3) is 4.65. The van der Waals surface area contributed by atoms with Gasteiger partial charge in [0.1, 0.15) is 0 Å². The Balaban J connectivity index is 1.75. The van der Waals surface area contributed by atoms with Crippen LogP contribution in [-0.2, 0) is 6.54 Å². The molecule has 5 heteroatoms. The van der Waals surface area contributed by atoms with Crippen molar-refractivity contribution >= 4 is 11.9 Å². The number of rotatable bonds is 6. The van der Waals surface area contributed by atoms with Crippen molar-refractivity contribution in [1.29, 1.82) is 0 Å². The van der Waals surface area contributed by atoms with Crippen LogP contribution < -0.4 is 4.90 Å². The van der Waals surface area contributed by atoms with Crippen molar-refractivity contribution in [2.75, 3.05) is 11.4 Å². The van der Waals surface area contributed by atoms with Gasteiger partial charge in [-0.25, -0.2) is 9.97 Å². The first kappa shape index (κ1) is 19.3. The molecule has 5 nitrogen and oxygen atoms in total. The fourth-order valence-corrected chi connectivity index (χ4v) is 3.70. The van der Waals surface area contributed by atoms with Crippen molar-refractivity contribution in [3.63, 3.8) is 0 Å². The number of piperidine rings is 1. The Labute approximate surface area is 162 Å². The quantitative estimate of drug-likeness (QED) is 0.765. The molecule has 1 unspecified atom stereocenters. The summed E-state index contributed by atoms with van der Waals surface area (Å²) in [6.45, 7) is 8.00. The van der Waals surface area contributed by atoms with Crippen LogP contribution in [0.25, 0.3) is 0 Å². The maximum atomic E-state index is 12.9. The van der Waals surface area contributed by atoms with Crippen LogP contribution in [0.5, 0.6) is 0 Å². The first-order chi connectivity index (χ1) is 13.1. The lowest BCUT2D eigenvalue weighted by atomic mass is 9.99. The van der Waals surface area contributed by atoms with Gasteiger partial charge in [-0.05, 0) is 45.1 Å². The summed E-state index contributed by atoms with van der Waals surface area (Å²) < 4.78 is 0. The molecule has 2 aromatic rings. The third-order valence-corrected chi connectivity index (χ3v) is 5.32. The molecule has 1 fully saturated rings. The van der Waals surface area contributed by atoms with E-state index in [4.69, 9.17) is 0 Å². The van der Waals surface area contributed by atoms with Crippen molar-refractivity contribution in [2.24, 2.45) is 0 Å². The van der Waals surface area contributed by atoms with E-state index in [-0.39, 0.29) is 11.9 Å². The van der Waals surface area contributed by atoms with Crippen LogP contribution in [-0.4, -0.2) is 39.4 Å². The fraction of sp³-hybridized carbons (Fsp3) is 0.500. The molecule has 27 heavy (non-hydrogen) atoms. The van der Waals surface area contributed by atoms with Gasteiger partial charge in [-0.15, -0.1) is 0 Å². The third-order valence-electron chi connectivity index (χ3n) is 5.32. The first-order valence-electron chi connectivity index (χ1n) is 10.0. The predicted molar refractivity (Wildman–Crippen MR) is 109 cm³/mol. The molecule has 3 rings (SSSR count). The number of anilines is 1. The van der Waals surface area contributed by atoms with Crippen molar-refractivity contribution in [3.8, 4) is 0 Å². The second-order valence-electron chi connectivity index (χ2n) is 7.54. The van der Waals surface area contributed by atoms with E-state index in [2.05, 4.69) is 47.8 Å². The number of carbonyl (C=O) groups is 1. The standard InChI is InChI=1S/C22H30N4O/c1-4-20-12-8-9-13-25(20)21(27)19-14-23-22(24-15-19)26(17(2)3)16-18-10-6-5-7-11-18/h5-7,10-11,14-15,17,20H,4,8-9,12-13,16H2,1-3H3. The van der Waals surface area contributed by atoms with Gasteiger partial charge in [-0.2, -0.15) is 0 Å². The zero-order chi connectivity index (χ0) is 19.2. The lowest BCUT2D eigenvalue weighted by molar-refractivity contribution is 0.0607. The van der Waals surface area contributed by atoms with E-state index in [9.17, 15) is 4.79 Å². The Hall–Kier alpha value is -2.43. The summed E-state index contributed by atoms with van der Waals surface area (Å²) in [5, 5.41) is 0. The van der Waals surface area contributed by atoms with E-state index >= 15 is 0 Å². The van der Waals surface area contributed by atoms with Crippen LogP contribution in [0.15, 0.2) is 42.7 Å². The highest BCUT2D eigenvalue weighted by Crippen LogP contribution is 2.22. The minimum Gasteiger partial charge on any atom is -0.336 e. The molecule has 1 saturated heterocycles. The molecule has 1 aromatic carbocycles. The number of carbonyl (C=O) groups excluding carboxylic acids is 1. The second kappa shape index (κ2) is 8.98. The van der Waals surface area contributed by atoms with Crippen LogP contribution in [0.4, 0.5) is 5.95 Å². The van der Waals surface area contributed by atoms with Gasteiger partial charge in [0.2, 0.25) is 5.95 Å². The Morgan fingerprint density at radius 2 is 1.89 bits per heavy atom. The first-order valence-corrected chi connectivity index (χ1v) is 10.0. The molecule has 1 aliphatic heterocycles. The van der Waals surface area contributed by atoms with E-state index in [1.54, 1.807) is 12.4 Å². The largest absolute Gasteiger partial charge is 0.336 e. The molecule has 1 aliphatic rings. The molecule has 144 valence electrons. The lowest BCUT2D eigenvalue weighted by Gasteiger charge is -2.35. The number of nitrogens with zero attached hydrogens (tertiary/aromatic N) is 4. The average molecular weight is 367 g/mol. The minimum atomic E-state index is 0.0623. The van der Waals surface area contributed by atoms with Crippen molar-refractivity contribution in [3.05, 3.63) is 53.9 Å². The highest BCUT2D eigenvalue weighted by atomic mass is 16.2. The minimum absolute atomic E-state index is 0.0623. The van der Waals surface area contributed by atoms with Crippen LogP contribution in [0.1, 0.15) is 62.4 Å². The topological polar surface area (TPSA) is 49.3 Å². The number of hydrogen-bond acceptors (Lipinski definition) is 4. The van der Waals surface area contributed by atoms with Crippen LogP contribution >= 0.6 is 0 Å². The zero-order valence-corrected chi connectivity index (χ0v) is 16.6. The Morgan fingerprint density at radius 3 is 2.52 bits per heavy atom. The monoisotopic (exact) mass is 366 g/mol. The molecule has 1 atom stereocenters. The highest BCUT2D eigenvalue weighted by Gasteiger charge is 2.26. The Kier molecular flexibility index (Phi) is 6.43. The van der Waals surface area contributed by atoms with Crippen molar-refractivity contribution in [2.45, 2.75) is 65.1 Å². The molecule has 0 spiro atoms. The average Bonchev–Trinajstić information content (AvgIpc) is 2.72. The van der Waals surface area contributed by atoms with Gasteiger partial charge < -0.3 is 9.80 Å². The summed E-state index contributed by atoms with van der Waals surface area (Å²) in [4.78, 5) is 26.1. The summed E-state index contributed by atoms with van der Waals surface area (Å²) in [6, 6.07) is 10.9. The number of hydrogen-bond donors (Lipinski definition) is 0. The molecular formula is C22H30N4O. The van der Waals surface area contributed by atoms with Crippen LogP contribution in [0.2, 0.25) is 0 Å². The number of benzene rings is 1. The molecule has 0 aliphatic carbocycles. The number of aromatic nitrogens is 2. The van der Waals surface area contributed by atoms with E-state index in [0.29, 0.717) is 17.6 Å². The maximum absolute atomic E-state index is 12.9. The fourth-order valence-electron chi connectivity index (χ4n) is 3.70. The van der Waals surface area contributed by atoms with Gasteiger partial charge in [0.25, 0.3) is 5.91 Å². The highest BCUT2D eigenvalue weighted by molar-refractivity contribution is 5.94. The van der Waals surface area contributed by atoms with Crippen LogP contribution in [0, 0.1) is 0 Å². The maximum Gasteiger partial charge on any atom is 0.257 e. The van der Waals surface area contributed by atoms with Gasteiger partial charge in [-0.3, -0.25) is 4.79 Å². The zero-order valence-electron chi connectivity index (χ0n) is 16.6. The SMILES string of the molecule is CCC1CCCCN1C(=O)c1cnc(N(Cc2ccccc2)C(C)C)nc1. The van der Waals surface area contributed by atoms with Crippen LogP contribution in [0.3, 0.4) is 0 Å². The van der Waals surface area contributed by atoms with Gasteiger partial charge >= 0.3 is 0 Å². The summed E-state index contributed by atoms with van der Waals surface area (Å²) in [5.41, 5.74) is 1.80. The molecule has 0 saturated carbocycles. The van der Waals surface area contributed by atoms with Crippen molar-refractivity contribution < 1.29 is 4.79 Å².